The van der Waals surface area contributed by atoms with Gasteiger partial charge < -0.3 is 4.74 Å². The molecule has 1 atom stereocenters. The molecule has 0 saturated carbocycles. The van der Waals surface area contributed by atoms with Crippen molar-refractivity contribution in [1.82, 2.24) is 0 Å². The van der Waals surface area contributed by atoms with E-state index in [4.69, 9.17) is 16.3 Å². The smallest absolute Gasteiger partial charge is 0.321 e. The van der Waals surface area contributed by atoms with E-state index in [9.17, 15) is 4.79 Å². The van der Waals surface area contributed by atoms with E-state index in [-0.39, 0.29) is 23.4 Å². The maximum atomic E-state index is 11.0. The van der Waals surface area contributed by atoms with Crippen LogP contribution in [0.1, 0.15) is 20.3 Å². The Morgan fingerprint density at radius 3 is 2.85 bits per heavy atom. The highest BCUT2D eigenvalue weighted by Crippen LogP contribution is 2.39. The fraction of sp³-hybridized carbons (Fsp3) is 0.667. The summed E-state index contributed by atoms with van der Waals surface area (Å²) in [6.45, 7) is 4.07. The van der Waals surface area contributed by atoms with Crippen molar-refractivity contribution in [2.45, 2.75) is 26.4 Å². The number of ether oxygens (including phenoxy) is 1. The fourth-order valence-electron chi connectivity index (χ4n) is 1.38. The third-order valence-electron chi connectivity index (χ3n) is 2.12. The Hall–Kier alpha value is -0.0200. The molecule has 1 aliphatic rings. The van der Waals surface area contributed by atoms with Gasteiger partial charge in [0.25, 0.3) is 0 Å². The van der Waals surface area contributed by atoms with Gasteiger partial charge in [0.05, 0.1) is 0 Å². The van der Waals surface area contributed by atoms with Gasteiger partial charge in [0.2, 0.25) is 0 Å². The van der Waals surface area contributed by atoms with Gasteiger partial charge in [-0.1, -0.05) is 35.9 Å². The summed E-state index contributed by atoms with van der Waals surface area (Å²) >= 11 is 8.76. The van der Waals surface area contributed by atoms with Crippen LogP contribution in [-0.4, -0.2) is 18.0 Å². The molecule has 0 N–H and O–H groups in total. The van der Waals surface area contributed by atoms with Crippen LogP contribution in [0, 0.1) is 5.41 Å². The van der Waals surface area contributed by atoms with Crippen LogP contribution in [0.2, 0.25) is 0 Å². The molecule has 13 heavy (non-hydrogen) atoms. The Morgan fingerprint density at radius 1 is 1.85 bits per heavy atom. The summed E-state index contributed by atoms with van der Waals surface area (Å²) in [4.78, 5) is 11.0. The summed E-state index contributed by atoms with van der Waals surface area (Å²) in [5.74, 6) is -0.431. The van der Waals surface area contributed by atoms with Gasteiger partial charge in [-0.3, -0.25) is 4.79 Å². The second-order valence-electron chi connectivity index (χ2n) is 3.73. The molecule has 0 radical (unpaired) electrons. The number of halogens is 2. The maximum Gasteiger partial charge on any atom is 0.321 e. The Balaban J connectivity index is 2.60. The molecular weight excluding hydrogens is 255 g/mol. The summed E-state index contributed by atoms with van der Waals surface area (Å²) in [7, 11) is 0. The van der Waals surface area contributed by atoms with Gasteiger partial charge >= 0.3 is 5.97 Å². The molecule has 0 aliphatic heterocycles. The predicted molar refractivity (Wildman–Crippen MR) is 56.0 cm³/mol. The Bertz CT molecular complexity index is 248. The van der Waals surface area contributed by atoms with Crippen LogP contribution in [0.4, 0.5) is 0 Å². The zero-order valence-electron chi connectivity index (χ0n) is 7.64. The minimum absolute atomic E-state index is 0.0792. The van der Waals surface area contributed by atoms with E-state index in [2.05, 4.69) is 22.0 Å². The first-order valence-electron chi connectivity index (χ1n) is 4.08. The highest BCUT2D eigenvalue weighted by atomic mass is 79.9. The largest absolute Gasteiger partial charge is 0.460 e. The lowest BCUT2D eigenvalue weighted by Crippen LogP contribution is -2.29. The highest BCUT2D eigenvalue weighted by Gasteiger charge is 2.36. The molecule has 2 nitrogen and oxygen atoms in total. The molecule has 0 spiro atoms. The quantitative estimate of drug-likeness (QED) is 0.568. The zero-order chi connectivity index (χ0) is 10.1. The molecule has 0 heterocycles. The lowest BCUT2D eigenvalue weighted by molar-refractivity contribution is -0.149. The lowest BCUT2D eigenvalue weighted by Gasteiger charge is -2.25. The second kappa shape index (κ2) is 4.01. The van der Waals surface area contributed by atoms with Crippen molar-refractivity contribution < 1.29 is 9.53 Å². The minimum Gasteiger partial charge on any atom is -0.460 e. The molecule has 0 unspecified atom stereocenters. The molecule has 4 heteroatoms. The maximum absolute atomic E-state index is 11.0. The number of alkyl halides is 1. The Morgan fingerprint density at radius 2 is 2.46 bits per heavy atom. The van der Waals surface area contributed by atoms with E-state index < -0.39 is 0 Å². The van der Waals surface area contributed by atoms with Crippen molar-refractivity contribution in [1.29, 1.82) is 0 Å². The van der Waals surface area contributed by atoms with Crippen LogP contribution in [0.15, 0.2) is 10.6 Å². The topological polar surface area (TPSA) is 26.3 Å². The average molecular weight is 268 g/mol. The third kappa shape index (κ3) is 2.71. The number of rotatable bonds is 2. The first-order valence-corrected chi connectivity index (χ1v) is 5.41. The van der Waals surface area contributed by atoms with Crippen molar-refractivity contribution in [3.63, 3.8) is 0 Å². The van der Waals surface area contributed by atoms with Crippen molar-refractivity contribution >= 4 is 33.5 Å². The Kier molecular flexibility index (Phi) is 3.41. The number of esters is 1. The van der Waals surface area contributed by atoms with Crippen molar-refractivity contribution in [3.8, 4) is 0 Å². The molecule has 0 bridgehead atoms. The third-order valence-corrected chi connectivity index (χ3v) is 2.89. The number of hydrogen-bond donors (Lipinski definition) is 0. The van der Waals surface area contributed by atoms with Gasteiger partial charge in [0.15, 0.2) is 0 Å². The first kappa shape index (κ1) is 11.1. The van der Waals surface area contributed by atoms with Crippen molar-refractivity contribution in [2.24, 2.45) is 5.41 Å². The molecule has 0 fully saturated rings. The van der Waals surface area contributed by atoms with E-state index in [0.717, 1.165) is 10.9 Å². The van der Waals surface area contributed by atoms with Crippen LogP contribution in [0.3, 0.4) is 0 Å². The first-order chi connectivity index (χ1) is 5.95. The molecule has 1 rings (SSSR count). The zero-order valence-corrected chi connectivity index (χ0v) is 9.98. The summed E-state index contributed by atoms with van der Waals surface area (Å²) in [5, 5.41) is 0. The van der Waals surface area contributed by atoms with E-state index in [1.54, 1.807) is 0 Å². The van der Waals surface area contributed by atoms with Gasteiger partial charge in [0.1, 0.15) is 12.0 Å². The summed E-state index contributed by atoms with van der Waals surface area (Å²) < 4.78 is 6.28. The minimum atomic E-state index is -0.352. The van der Waals surface area contributed by atoms with Gasteiger partial charge in [-0.25, -0.2) is 0 Å². The summed E-state index contributed by atoms with van der Waals surface area (Å²) in [6, 6.07) is 0. The van der Waals surface area contributed by atoms with Gasteiger partial charge in [-0.15, -0.1) is 11.6 Å². The summed E-state index contributed by atoms with van der Waals surface area (Å²) in [6.07, 6.45) is 2.72. The molecular formula is C9H12BrClO2. The van der Waals surface area contributed by atoms with Gasteiger partial charge in [-0.2, -0.15) is 0 Å². The van der Waals surface area contributed by atoms with E-state index in [1.165, 1.54) is 0 Å². The number of hydrogen-bond acceptors (Lipinski definition) is 2. The molecule has 74 valence electrons. The van der Waals surface area contributed by atoms with E-state index in [0.29, 0.717) is 0 Å². The van der Waals surface area contributed by atoms with Gasteiger partial charge in [-0.05, 0) is 4.48 Å². The number of carbonyl (C=O) groups excluding carboxylic acids is 1. The average Bonchev–Trinajstić information content (AvgIpc) is 2.24. The molecule has 0 aromatic carbocycles. The van der Waals surface area contributed by atoms with Crippen molar-refractivity contribution in [2.75, 3.05) is 5.88 Å². The van der Waals surface area contributed by atoms with Crippen LogP contribution in [-0.2, 0) is 9.53 Å². The normalized spacial score (nSPS) is 25.5. The monoisotopic (exact) mass is 266 g/mol. The summed E-state index contributed by atoms with van der Waals surface area (Å²) in [5.41, 5.74) is -0.0967. The fourth-order valence-corrected chi connectivity index (χ4v) is 2.33. The Labute approximate surface area is 91.4 Å². The number of carbonyl (C=O) groups is 1. The molecule has 1 aliphatic carbocycles. The standard InChI is InChI=1S/C9H12BrClO2/c1-9(2)4-6(10)3-7(9)13-8(12)5-11/h4,7H,3,5H2,1-2H3/t7-/m0/s1. The molecule has 0 saturated heterocycles. The van der Waals surface area contributed by atoms with Gasteiger partial charge in [0, 0.05) is 11.8 Å². The van der Waals surface area contributed by atoms with Crippen LogP contribution < -0.4 is 0 Å². The molecule has 0 amide bonds. The van der Waals surface area contributed by atoms with Crippen LogP contribution in [0.25, 0.3) is 0 Å². The van der Waals surface area contributed by atoms with E-state index >= 15 is 0 Å². The van der Waals surface area contributed by atoms with Crippen LogP contribution >= 0.6 is 27.5 Å². The molecule has 0 aromatic rings. The SMILES string of the molecule is CC1(C)C=C(Br)C[C@@H]1OC(=O)CCl. The lowest BCUT2D eigenvalue weighted by atomic mass is 9.90. The molecule has 0 aromatic heterocycles. The second-order valence-corrected chi connectivity index (χ2v) is 5.01. The van der Waals surface area contributed by atoms with E-state index in [1.807, 2.05) is 13.8 Å². The van der Waals surface area contributed by atoms with Crippen molar-refractivity contribution in [3.05, 3.63) is 10.6 Å². The van der Waals surface area contributed by atoms with Crippen LogP contribution in [0.5, 0.6) is 0 Å². The predicted octanol–water partition coefficient (Wildman–Crippen LogP) is 2.85. The highest BCUT2D eigenvalue weighted by molar-refractivity contribution is 9.11.